The topological polar surface area (TPSA) is 12.5 Å². The summed E-state index contributed by atoms with van der Waals surface area (Å²) in [6.07, 6.45) is 0. The highest BCUT2D eigenvalue weighted by molar-refractivity contribution is 5.14. The number of morpholine rings is 1. The lowest BCUT2D eigenvalue weighted by atomic mass is 10.1. The molecule has 3 heteroatoms. The zero-order valence-electron chi connectivity index (χ0n) is 8.73. The molecule has 0 saturated carbocycles. The molecule has 1 heterocycles. The van der Waals surface area contributed by atoms with E-state index in [4.69, 9.17) is 4.74 Å². The molecule has 1 aliphatic rings. The van der Waals surface area contributed by atoms with Crippen LogP contribution in [0.3, 0.4) is 0 Å². The van der Waals surface area contributed by atoms with Crippen molar-refractivity contribution in [2.24, 2.45) is 0 Å². The minimum atomic E-state index is -0.327. The number of rotatable bonds is 3. The van der Waals surface area contributed by atoms with Gasteiger partial charge in [0.25, 0.3) is 0 Å². The van der Waals surface area contributed by atoms with Gasteiger partial charge in [0.1, 0.15) is 6.67 Å². The first-order valence-electron chi connectivity index (χ1n) is 5.32. The van der Waals surface area contributed by atoms with Crippen molar-refractivity contribution in [3.05, 3.63) is 35.9 Å². The highest BCUT2D eigenvalue weighted by Gasteiger charge is 2.22. The van der Waals surface area contributed by atoms with Crippen molar-refractivity contribution in [1.29, 1.82) is 0 Å². The van der Waals surface area contributed by atoms with E-state index in [0.29, 0.717) is 13.2 Å². The molecule has 0 aromatic heterocycles. The van der Waals surface area contributed by atoms with Gasteiger partial charge in [-0.1, -0.05) is 30.3 Å². The first-order chi connectivity index (χ1) is 7.40. The summed E-state index contributed by atoms with van der Waals surface area (Å²) >= 11 is 0. The van der Waals surface area contributed by atoms with E-state index in [2.05, 4.69) is 17.0 Å². The summed E-state index contributed by atoms with van der Waals surface area (Å²) in [7, 11) is 0. The molecule has 0 aliphatic carbocycles. The minimum absolute atomic E-state index is 0.0704. The summed E-state index contributed by atoms with van der Waals surface area (Å²) < 4.78 is 18.0. The second kappa shape index (κ2) is 5.24. The fraction of sp³-hybridized carbons (Fsp3) is 0.500. The van der Waals surface area contributed by atoms with Gasteiger partial charge in [0, 0.05) is 13.1 Å². The number of nitrogens with zero attached hydrogens (tertiary/aromatic N) is 1. The van der Waals surface area contributed by atoms with Gasteiger partial charge < -0.3 is 4.74 Å². The van der Waals surface area contributed by atoms with Gasteiger partial charge in [0.2, 0.25) is 0 Å². The fourth-order valence-corrected chi connectivity index (χ4v) is 1.86. The highest BCUT2D eigenvalue weighted by atomic mass is 19.1. The summed E-state index contributed by atoms with van der Waals surface area (Å²) in [5.74, 6) is 0. The Bertz CT molecular complexity index is 291. The fourth-order valence-electron chi connectivity index (χ4n) is 1.86. The summed E-state index contributed by atoms with van der Waals surface area (Å²) in [6, 6.07) is 10.1. The van der Waals surface area contributed by atoms with Crippen molar-refractivity contribution >= 4 is 0 Å². The molecule has 0 spiro atoms. The first kappa shape index (κ1) is 10.6. The molecule has 1 aromatic carbocycles. The van der Waals surface area contributed by atoms with Crippen LogP contribution in [-0.4, -0.2) is 37.4 Å². The molecular weight excluding hydrogens is 193 g/mol. The van der Waals surface area contributed by atoms with Gasteiger partial charge in [-0.05, 0) is 5.56 Å². The van der Waals surface area contributed by atoms with E-state index in [1.807, 2.05) is 18.2 Å². The SMILES string of the molecule is FC[C@@H]1COCCN1Cc1ccccc1. The zero-order chi connectivity index (χ0) is 10.5. The Balaban J connectivity index is 1.97. The molecule has 15 heavy (non-hydrogen) atoms. The van der Waals surface area contributed by atoms with E-state index in [-0.39, 0.29) is 12.7 Å². The molecule has 2 nitrogen and oxygen atoms in total. The van der Waals surface area contributed by atoms with E-state index >= 15 is 0 Å². The monoisotopic (exact) mass is 209 g/mol. The smallest absolute Gasteiger partial charge is 0.107 e. The van der Waals surface area contributed by atoms with Crippen molar-refractivity contribution < 1.29 is 9.13 Å². The van der Waals surface area contributed by atoms with Crippen LogP contribution < -0.4 is 0 Å². The summed E-state index contributed by atoms with van der Waals surface area (Å²) in [5, 5.41) is 0. The predicted molar refractivity (Wildman–Crippen MR) is 57.4 cm³/mol. The van der Waals surface area contributed by atoms with Gasteiger partial charge in [-0.25, -0.2) is 4.39 Å². The second-order valence-electron chi connectivity index (χ2n) is 3.84. The van der Waals surface area contributed by atoms with Gasteiger partial charge in [-0.2, -0.15) is 0 Å². The Morgan fingerprint density at radius 2 is 2.13 bits per heavy atom. The third kappa shape index (κ3) is 2.76. The number of hydrogen-bond donors (Lipinski definition) is 0. The molecular formula is C12H16FNO. The first-order valence-corrected chi connectivity index (χ1v) is 5.32. The van der Waals surface area contributed by atoms with Crippen molar-refractivity contribution in [2.75, 3.05) is 26.4 Å². The van der Waals surface area contributed by atoms with E-state index in [1.54, 1.807) is 0 Å². The predicted octanol–water partition coefficient (Wildman–Crippen LogP) is 1.86. The molecule has 1 aromatic rings. The van der Waals surface area contributed by atoms with Gasteiger partial charge >= 0.3 is 0 Å². The molecule has 0 unspecified atom stereocenters. The summed E-state index contributed by atoms with van der Waals surface area (Å²) in [5.41, 5.74) is 1.23. The summed E-state index contributed by atoms with van der Waals surface area (Å²) in [4.78, 5) is 2.15. The van der Waals surface area contributed by atoms with Crippen molar-refractivity contribution in [3.8, 4) is 0 Å². The van der Waals surface area contributed by atoms with Crippen LogP contribution in [0.5, 0.6) is 0 Å². The lowest BCUT2D eigenvalue weighted by Gasteiger charge is -2.33. The third-order valence-electron chi connectivity index (χ3n) is 2.76. The number of hydrogen-bond acceptors (Lipinski definition) is 2. The third-order valence-corrected chi connectivity index (χ3v) is 2.76. The maximum atomic E-state index is 12.7. The van der Waals surface area contributed by atoms with Crippen LogP contribution in [0.2, 0.25) is 0 Å². The largest absolute Gasteiger partial charge is 0.378 e. The van der Waals surface area contributed by atoms with Crippen LogP contribution in [0.4, 0.5) is 4.39 Å². The van der Waals surface area contributed by atoms with E-state index in [0.717, 1.165) is 13.1 Å². The Labute approximate surface area is 89.7 Å². The molecule has 1 aliphatic heterocycles. The molecule has 2 rings (SSSR count). The van der Waals surface area contributed by atoms with Gasteiger partial charge in [0.05, 0.1) is 19.3 Å². The maximum absolute atomic E-state index is 12.7. The zero-order valence-corrected chi connectivity index (χ0v) is 8.73. The lowest BCUT2D eigenvalue weighted by Crippen LogP contribution is -2.46. The summed E-state index contributed by atoms with van der Waals surface area (Å²) in [6.45, 7) is 2.54. The Morgan fingerprint density at radius 3 is 2.87 bits per heavy atom. The number of halogens is 1. The number of benzene rings is 1. The van der Waals surface area contributed by atoms with Crippen LogP contribution in [0, 0.1) is 0 Å². The van der Waals surface area contributed by atoms with Gasteiger partial charge in [0.15, 0.2) is 0 Å². The quantitative estimate of drug-likeness (QED) is 0.753. The standard InChI is InChI=1S/C12H16FNO/c13-8-12-10-15-7-6-14(12)9-11-4-2-1-3-5-11/h1-5,12H,6-10H2/t12-/m1/s1. The van der Waals surface area contributed by atoms with Crippen molar-refractivity contribution in [2.45, 2.75) is 12.6 Å². The van der Waals surface area contributed by atoms with Crippen molar-refractivity contribution in [3.63, 3.8) is 0 Å². The highest BCUT2D eigenvalue weighted by Crippen LogP contribution is 2.12. The van der Waals surface area contributed by atoms with Crippen molar-refractivity contribution in [1.82, 2.24) is 4.90 Å². The number of ether oxygens (including phenoxy) is 1. The molecule has 1 saturated heterocycles. The van der Waals surface area contributed by atoms with Gasteiger partial charge in [-0.3, -0.25) is 4.90 Å². The van der Waals surface area contributed by atoms with Gasteiger partial charge in [-0.15, -0.1) is 0 Å². The second-order valence-corrected chi connectivity index (χ2v) is 3.84. The Kier molecular flexibility index (Phi) is 3.69. The van der Waals surface area contributed by atoms with Crippen LogP contribution >= 0.6 is 0 Å². The van der Waals surface area contributed by atoms with E-state index in [9.17, 15) is 4.39 Å². The van der Waals surface area contributed by atoms with Crippen LogP contribution in [-0.2, 0) is 11.3 Å². The average Bonchev–Trinajstić information content (AvgIpc) is 2.31. The molecule has 0 radical (unpaired) electrons. The normalized spacial score (nSPS) is 22.9. The molecule has 0 amide bonds. The number of alkyl halides is 1. The van der Waals surface area contributed by atoms with E-state index < -0.39 is 0 Å². The van der Waals surface area contributed by atoms with Crippen LogP contribution in [0.15, 0.2) is 30.3 Å². The molecule has 82 valence electrons. The lowest BCUT2D eigenvalue weighted by molar-refractivity contribution is -0.0197. The average molecular weight is 209 g/mol. The molecule has 0 bridgehead atoms. The van der Waals surface area contributed by atoms with Crippen LogP contribution in [0.25, 0.3) is 0 Å². The van der Waals surface area contributed by atoms with E-state index in [1.165, 1.54) is 5.56 Å². The molecule has 1 fully saturated rings. The molecule has 1 atom stereocenters. The minimum Gasteiger partial charge on any atom is -0.378 e. The maximum Gasteiger partial charge on any atom is 0.107 e. The Morgan fingerprint density at radius 1 is 1.33 bits per heavy atom. The van der Waals surface area contributed by atoms with Crippen LogP contribution in [0.1, 0.15) is 5.56 Å². The molecule has 0 N–H and O–H groups in total. The Hall–Kier alpha value is -0.930.